The Bertz CT molecular complexity index is 1220. The minimum absolute atomic E-state index is 0.229. The van der Waals surface area contributed by atoms with Gasteiger partial charge in [-0.1, -0.05) is 49.8 Å². The van der Waals surface area contributed by atoms with Crippen molar-refractivity contribution < 1.29 is 19.4 Å². The van der Waals surface area contributed by atoms with Crippen LogP contribution in [0.2, 0.25) is 0 Å². The van der Waals surface area contributed by atoms with Crippen LogP contribution < -0.4 is 15.8 Å². The molecule has 2 unspecified atom stereocenters. The summed E-state index contributed by atoms with van der Waals surface area (Å²) in [5.41, 5.74) is 8.23. The molecule has 0 saturated heterocycles. The Hall–Kier alpha value is -3.38. The second kappa shape index (κ2) is 6.81. The van der Waals surface area contributed by atoms with Crippen molar-refractivity contribution in [3.8, 4) is 5.75 Å². The second-order valence-corrected chi connectivity index (χ2v) is 9.11. The smallest absolute Gasteiger partial charge is 0.270 e. The normalized spacial score (nSPS) is 25.8. The summed E-state index contributed by atoms with van der Waals surface area (Å²) in [6.45, 7) is 6.04. The molecule has 3 aliphatic rings. The predicted octanol–water partition coefficient (Wildman–Crippen LogP) is 3.34. The number of Topliss-reactive ketones (excluding diaryl/α,β-unsaturated/α-hetero) is 1. The molecule has 1 amide bonds. The minimum Gasteiger partial charge on any atom is -0.454 e. The maximum Gasteiger partial charge on any atom is 0.270 e. The Kier molecular flexibility index (Phi) is 4.37. The second-order valence-electron chi connectivity index (χ2n) is 9.11. The number of aliphatic hydroxyl groups is 1. The molecule has 2 atom stereocenters. The average Bonchev–Trinajstić information content (AvgIpc) is 3.11. The van der Waals surface area contributed by atoms with Crippen LogP contribution in [0, 0.1) is 6.92 Å². The quantitative estimate of drug-likeness (QED) is 0.693. The van der Waals surface area contributed by atoms with Gasteiger partial charge in [-0.25, -0.2) is 0 Å². The Morgan fingerprint density at radius 1 is 1.19 bits per heavy atom. The summed E-state index contributed by atoms with van der Waals surface area (Å²) >= 11 is 0. The van der Waals surface area contributed by atoms with E-state index in [1.807, 2.05) is 31.2 Å². The van der Waals surface area contributed by atoms with Crippen LogP contribution in [0.3, 0.4) is 0 Å². The van der Waals surface area contributed by atoms with E-state index in [2.05, 4.69) is 19.2 Å². The highest BCUT2D eigenvalue weighted by Gasteiger charge is 2.73. The number of amides is 1. The summed E-state index contributed by atoms with van der Waals surface area (Å²) in [7, 11) is 0. The van der Waals surface area contributed by atoms with Gasteiger partial charge in [-0.3, -0.25) is 9.59 Å². The van der Waals surface area contributed by atoms with Gasteiger partial charge in [-0.05, 0) is 49.4 Å². The highest BCUT2D eigenvalue weighted by atomic mass is 16.6. The molecule has 1 fully saturated rings. The molecule has 4 N–H and O–H groups in total. The number of hydrogen-bond donors (Lipinski definition) is 3. The highest BCUT2D eigenvalue weighted by Crippen LogP contribution is 2.59. The number of ether oxygens (including phenoxy) is 1. The first-order chi connectivity index (χ1) is 15.2. The fourth-order valence-corrected chi connectivity index (χ4v) is 4.94. The summed E-state index contributed by atoms with van der Waals surface area (Å²) in [5, 5.41) is 14.8. The number of nitrogens with two attached hydrogens (primary N) is 1. The lowest BCUT2D eigenvalue weighted by Gasteiger charge is -2.34. The number of carbonyl (C=O) groups is 2. The first-order valence-corrected chi connectivity index (χ1v) is 10.9. The molecule has 164 valence electrons. The standard InChI is InChI=1S/C26H26N2O4/c1-14(2)17-11-12-18-21(13-17)32-26(31)19-5-4-6-20(27)22(19)23(29)25(18,26)28-24(30)16-9-7-15(3)8-10-16/h5,7-14,31H,4,6,27H2,1-3H3,(H,28,30). The van der Waals surface area contributed by atoms with Gasteiger partial charge >= 0.3 is 0 Å². The predicted molar refractivity (Wildman–Crippen MR) is 120 cm³/mol. The number of allylic oxidation sites excluding steroid dienone is 2. The van der Waals surface area contributed by atoms with Gasteiger partial charge in [0.2, 0.25) is 11.3 Å². The number of aryl methyl sites for hydroxylation is 1. The van der Waals surface area contributed by atoms with Gasteiger partial charge in [-0.15, -0.1) is 0 Å². The number of benzene rings is 2. The van der Waals surface area contributed by atoms with Gasteiger partial charge in [0.1, 0.15) is 5.75 Å². The summed E-state index contributed by atoms with van der Waals surface area (Å²) < 4.78 is 6.12. The van der Waals surface area contributed by atoms with Crippen LogP contribution in [-0.4, -0.2) is 22.6 Å². The molecule has 0 spiro atoms. The summed E-state index contributed by atoms with van der Waals surface area (Å²) in [4.78, 5) is 27.2. The van der Waals surface area contributed by atoms with Crippen molar-refractivity contribution in [1.82, 2.24) is 5.32 Å². The van der Waals surface area contributed by atoms with Crippen LogP contribution >= 0.6 is 0 Å². The SMILES string of the molecule is Cc1ccc(C(=O)NC23C(=O)C4=C(N)CCC=C4C2(O)Oc2cc(C(C)C)ccc23)cc1. The molecule has 0 aromatic heterocycles. The maximum atomic E-state index is 13.9. The topological polar surface area (TPSA) is 102 Å². The van der Waals surface area contributed by atoms with Crippen LogP contribution in [0.25, 0.3) is 0 Å². The van der Waals surface area contributed by atoms with E-state index in [4.69, 9.17) is 10.5 Å². The van der Waals surface area contributed by atoms with E-state index in [0.29, 0.717) is 41.0 Å². The van der Waals surface area contributed by atoms with Gasteiger partial charge in [0.05, 0.1) is 0 Å². The van der Waals surface area contributed by atoms with Crippen molar-refractivity contribution in [2.75, 3.05) is 0 Å². The van der Waals surface area contributed by atoms with Crippen LogP contribution in [-0.2, 0) is 10.3 Å². The molecule has 2 aromatic rings. The number of ketones is 1. The lowest BCUT2D eigenvalue weighted by atomic mass is 9.82. The zero-order valence-corrected chi connectivity index (χ0v) is 18.4. The van der Waals surface area contributed by atoms with Crippen molar-refractivity contribution in [1.29, 1.82) is 0 Å². The van der Waals surface area contributed by atoms with Gasteiger partial charge in [0, 0.05) is 28.0 Å². The van der Waals surface area contributed by atoms with Crippen molar-refractivity contribution in [3.63, 3.8) is 0 Å². The molecule has 1 heterocycles. The first-order valence-electron chi connectivity index (χ1n) is 10.9. The third-order valence-electron chi connectivity index (χ3n) is 6.74. The summed E-state index contributed by atoms with van der Waals surface area (Å²) in [5.74, 6) is -2.37. The average molecular weight is 431 g/mol. The third-order valence-corrected chi connectivity index (χ3v) is 6.74. The molecule has 0 bridgehead atoms. The molecule has 6 heteroatoms. The molecular formula is C26H26N2O4. The van der Waals surface area contributed by atoms with Crippen LogP contribution in [0.1, 0.15) is 59.7 Å². The Labute approximate surface area is 186 Å². The zero-order valence-electron chi connectivity index (χ0n) is 18.4. The Balaban J connectivity index is 1.72. The van der Waals surface area contributed by atoms with Gasteiger partial charge < -0.3 is 20.9 Å². The van der Waals surface area contributed by atoms with E-state index in [1.54, 1.807) is 24.3 Å². The molecule has 32 heavy (non-hydrogen) atoms. The van der Waals surface area contributed by atoms with Crippen molar-refractivity contribution in [2.24, 2.45) is 5.73 Å². The van der Waals surface area contributed by atoms with E-state index in [1.165, 1.54) is 0 Å². The molecule has 2 aliphatic carbocycles. The van der Waals surface area contributed by atoms with Crippen LogP contribution in [0.5, 0.6) is 5.75 Å². The van der Waals surface area contributed by atoms with E-state index in [-0.39, 0.29) is 11.5 Å². The summed E-state index contributed by atoms with van der Waals surface area (Å²) in [6, 6.07) is 12.5. The molecule has 1 saturated carbocycles. The number of fused-ring (bicyclic) bond motifs is 5. The van der Waals surface area contributed by atoms with E-state index < -0.39 is 23.0 Å². The van der Waals surface area contributed by atoms with Gasteiger partial charge in [0.25, 0.3) is 11.7 Å². The van der Waals surface area contributed by atoms with Crippen LogP contribution in [0.15, 0.2) is 65.4 Å². The molecule has 6 nitrogen and oxygen atoms in total. The largest absolute Gasteiger partial charge is 0.454 e. The Morgan fingerprint density at radius 3 is 2.59 bits per heavy atom. The van der Waals surface area contributed by atoms with Crippen molar-refractivity contribution in [2.45, 2.75) is 50.9 Å². The van der Waals surface area contributed by atoms with Crippen LogP contribution in [0.4, 0.5) is 0 Å². The first kappa shape index (κ1) is 20.5. The molecule has 1 aliphatic heterocycles. The lowest BCUT2D eigenvalue weighted by molar-refractivity contribution is -0.152. The van der Waals surface area contributed by atoms with Crippen molar-refractivity contribution in [3.05, 3.63) is 87.6 Å². The minimum atomic E-state index is -2.07. The fourth-order valence-electron chi connectivity index (χ4n) is 4.94. The fraction of sp³-hybridized carbons (Fsp3) is 0.308. The van der Waals surface area contributed by atoms with E-state index in [0.717, 1.165) is 11.1 Å². The zero-order chi connectivity index (χ0) is 22.8. The summed E-state index contributed by atoms with van der Waals surface area (Å²) in [6.07, 6.45) is 2.89. The van der Waals surface area contributed by atoms with Crippen molar-refractivity contribution >= 4 is 11.7 Å². The number of rotatable bonds is 3. The van der Waals surface area contributed by atoms with E-state index in [9.17, 15) is 14.7 Å². The third kappa shape index (κ3) is 2.56. The number of nitrogens with one attached hydrogen (secondary N) is 1. The lowest BCUT2D eigenvalue weighted by Crippen LogP contribution is -2.62. The monoisotopic (exact) mass is 430 g/mol. The number of hydrogen-bond acceptors (Lipinski definition) is 5. The van der Waals surface area contributed by atoms with Gasteiger partial charge in [-0.2, -0.15) is 0 Å². The number of carbonyl (C=O) groups excluding carboxylic acids is 2. The molecule has 5 rings (SSSR count). The maximum absolute atomic E-state index is 13.9. The Morgan fingerprint density at radius 2 is 1.91 bits per heavy atom. The molecular weight excluding hydrogens is 404 g/mol. The molecule has 0 radical (unpaired) electrons. The van der Waals surface area contributed by atoms with Gasteiger partial charge in [0.15, 0.2) is 0 Å². The molecule has 2 aromatic carbocycles. The van der Waals surface area contributed by atoms with E-state index >= 15 is 0 Å². The highest BCUT2D eigenvalue weighted by molar-refractivity contribution is 6.16.